The van der Waals surface area contributed by atoms with E-state index in [0.29, 0.717) is 12.0 Å². The predicted molar refractivity (Wildman–Crippen MR) is 87.9 cm³/mol. The van der Waals surface area contributed by atoms with Crippen LogP contribution < -0.4 is 10.8 Å². The van der Waals surface area contributed by atoms with E-state index in [2.05, 4.69) is 15.3 Å². The molecule has 3 N–H and O–H groups in total. The van der Waals surface area contributed by atoms with E-state index in [-0.39, 0.29) is 0 Å². The van der Waals surface area contributed by atoms with Gasteiger partial charge >= 0.3 is 7.12 Å². The van der Waals surface area contributed by atoms with Gasteiger partial charge in [-0.3, -0.25) is 0 Å². The van der Waals surface area contributed by atoms with Gasteiger partial charge in [0.2, 0.25) is 0 Å². The number of rotatable bonds is 4. The summed E-state index contributed by atoms with van der Waals surface area (Å²) < 4.78 is 0. The van der Waals surface area contributed by atoms with Crippen molar-refractivity contribution in [3.63, 3.8) is 0 Å². The van der Waals surface area contributed by atoms with Crippen LogP contribution in [-0.4, -0.2) is 27.1 Å². The van der Waals surface area contributed by atoms with Gasteiger partial charge in [0.15, 0.2) is 0 Å². The average molecular weight is 293 g/mol. The van der Waals surface area contributed by atoms with Crippen LogP contribution in [0.25, 0.3) is 10.9 Å². The standard InChI is InChI=1S/C16H16BN3O2/c1-11-2-7-14-15(8-11)19-10-20-16(14)18-9-12-3-5-13(6-4-12)17(21)22/h2-8,10,21-22H,9H2,1H3,(H,18,19,20). The number of anilines is 1. The van der Waals surface area contributed by atoms with E-state index in [4.69, 9.17) is 10.0 Å². The van der Waals surface area contributed by atoms with Crippen molar-refractivity contribution < 1.29 is 10.0 Å². The maximum atomic E-state index is 9.09. The molecule has 5 nitrogen and oxygen atoms in total. The molecular formula is C16H16BN3O2. The SMILES string of the molecule is Cc1ccc2c(NCc3ccc(B(O)O)cc3)ncnc2c1. The molecule has 22 heavy (non-hydrogen) atoms. The maximum Gasteiger partial charge on any atom is 0.488 e. The normalized spacial score (nSPS) is 10.7. The van der Waals surface area contributed by atoms with E-state index in [0.717, 1.165) is 27.8 Å². The van der Waals surface area contributed by atoms with Crippen LogP contribution in [0.1, 0.15) is 11.1 Å². The highest BCUT2D eigenvalue weighted by Gasteiger charge is 2.09. The number of aromatic nitrogens is 2. The van der Waals surface area contributed by atoms with Crippen molar-refractivity contribution in [2.45, 2.75) is 13.5 Å². The molecule has 0 saturated heterocycles. The molecule has 0 unspecified atom stereocenters. The van der Waals surface area contributed by atoms with Gasteiger partial charge in [0.25, 0.3) is 0 Å². The van der Waals surface area contributed by atoms with Crippen molar-refractivity contribution in [1.29, 1.82) is 0 Å². The number of benzene rings is 2. The van der Waals surface area contributed by atoms with Gasteiger partial charge < -0.3 is 15.4 Å². The number of hydrogen-bond donors (Lipinski definition) is 3. The van der Waals surface area contributed by atoms with Gasteiger partial charge in [-0.1, -0.05) is 30.3 Å². The molecule has 3 aromatic rings. The van der Waals surface area contributed by atoms with Crippen LogP contribution >= 0.6 is 0 Å². The van der Waals surface area contributed by atoms with Gasteiger partial charge in [-0.25, -0.2) is 9.97 Å². The zero-order chi connectivity index (χ0) is 15.5. The molecule has 1 aromatic heterocycles. The summed E-state index contributed by atoms with van der Waals surface area (Å²) in [7, 11) is -1.43. The third kappa shape index (κ3) is 3.08. The van der Waals surface area contributed by atoms with E-state index >= 15 is 0 Å². The van der Waals surface area contributed by atoms with Gasteiger partial charge in [-0.15, -0.1) is 0 Å². The molecule has 0 aliphatic carbocycles. The first kappa shape index (κ1) is 14.5. The molecular weight excluding hydrogens is 277 g/mol. The summed E-state index contributed by atoms with van der Waals surface area (Å²) in [6.07, 6.45) is 1.55. The molecule has 0 aliphatic heterocycles. The number of nitrogens with zero attached hydrogens (tertiary/aromatic N) is 2. The van der Waals surface area contributed by atoms with Crippen LogP contribution in [0.4, 0.5) is 5.82 Å². The lowest BCUT2D eigenvalue weighted by Gasteiger charge is -2.09. The largest absolute Gasteiger partial charge is 0.488 e. The highest BCUT2D eigenvalue weighted by Crippen LogP contribution is 2.20. The van der Waals surface area contributed by atoms with Crippen molar-refractivity contribution in [3.05, 3.63) is 59.9 Å². The van der Waals surface area contributed by atoms with E-state index in [1.807, 2.05) is 37.3 Å². The summed E-state index contributed by atoms with van der Waals surface area (Å²) in [4.78, 5) is 8.58. The van der Waals surface area contributed by atoms with Crippen molar-refractivity contribution in [2.75, 3.05) is 5.32 Å². The quantitative estimate of drug-likeness (QED) is 0.631. The Bertz CT molecular complexity index is 791. The molecule has 0 spiro atoms. The Morgan fingerprint density at radius 2 is 1.82 bits per heavy atom. The zero-order valence-electron chi connectivity index (χ0n) is 12.2. The second-order valence-electron chi connectivity index (χ2n) is 5.21. The van der Waals surface area contributed by atoms with E-state index in [9.17, 15) is 0 Å². The summed E-state index contributed by atoms with van der Waals surface area (Å²) in [5.74, 6) is 0.788. The molecule has 0 atom stereocenters. The minimum Gasteiger partial charge on any atom is -0.423 e. The molecule has 3 rings (SSSR count). The van der Waals surface area contributed by atoms with Gasteiger partial charge in [-0.05, 0) is 35.6 Å². The highest BCUT2D eigenvalue weighted by atomic mass is 16.4. The lowest BCUT2D eigenvalue weighted by molar-refractivity contribution is 0.426. The minimum absolute atomic E-state index is 0.478. The van der Waals surface area contributed by atoms with Crippen LogP contribution in [0.15, 0.2) is 48.8 Å². The molecule has 0 fully saturated rings. The van der Waals surface area contributed by atoms with Crippen LogP contribution in [0.2, 0.25) is 0 Å². The first-order valence-corrected chi connectivity index (χ1v) is 7.04. The third-order valence-electron chi connectivity index (χ3n) is 3.53. The topological polar surface area (TPSA) is 78.3 Å². The smallest absolute Gasteiger partial charge is 0.423 e. The summed E-state index contributed by atoms with van der Waals surface area (Å²) in [6, 6.07) is 13.2. The fourth-order valence-electron chi connectivity index (χ4n) is 2.30. The van der Waals surface area contributed by atoms with Crippen LogP contribution in [0.5, 0.6) is 0 Å². The number of fused-ring (bicyclic) bond motifs is 1. The molecule has 0 saturated carbocycles. The summed E-state index contributed by atoms with van der Waals surface area (Å²) >= 11 is 0. The second kappa shape index (κ2) is 6.13. The Labute approximate surface area is 128 Å². The Hall–Kier alpha value is -2.44. The Morgan fingerprint density at radius 1 is 1.05 bits per heavy atom. The Morgan fingerprint density at radius 3 is 2.55 bits per heavy atom. The van der Waals surface area contributed by atoms with Gasteiger partial charge in [0.05, 0.1) is 5.52 Å². The average Bonchev–Trinajstić information content (AvgIpc) is 2.52. The summed E-state index contributed by atoms with van der Waals surface area (Å²) in [5.41, 5.74) is 3.58. The number of aryl methyl sites for hydroxylation is 1. The minimum atomic E-state index is -1.43. The van der Waals surface area contributed by atoms with Gasteiger partial charge in [0.1, 0.15) is 12.1 Å². The fourth-order valence-corrected chi connectivity index (χ4v) is 2.30. The summed E-state index contributed by atoms with van der Waals surface area (Å²) in [6.45, 7) is 2.63. The molecule has 0 bridgehead atoms. The molecule has 0 amide bonds. The van der Waals surface area contributed by atoms with Crippen molar-refractivity contribution >= 4 is 29.3 Å². The van der Waals surface area contributed by atoms with E-state index in [1.165, 1.54) is 0 Å². The molecule has 2 aromatic carbocycles. The molecule has 110 valence electrons. The van der Waals surface area contributed by atoms with Crippen LogP contribution in [0, 0.1) is 6.92 Å². The molecule has 6 heteroatoms. The monoisotopic (exact) mass is 293 g/mol. The predicted octanol–water partition coefficient (Wildman–Crippen LogP) is 1.23. The number of nitrogens with one attached hydrogen (secondary N) is 1. The summed E-state index contributed by atoms with van der Waals surface area (Å²) in [5, 5.41) is 22.5. The van der Waals surface area contributed by atoms with Crippen LogP contribution in [-0.2, 0) is 6.54 Å². The van der Waals surface area contributed by atoms with Gasteiger partial charge in [-0.2, -0.15) is 0 Å². The molecule has 0 radical (unpaired) electrons. The first-order chi connectivity index (χ1) is 10.6. The Balaban J connectivity index is 1.79. The second-order valence-corrected chi connectivity index (χ2v) is 5.21. The van der Waals surface area contributed by atoms with Crippen LogP contribution in [0.3, 0.4) is 0 Å². The Kier molecular flexibility index (Phi) is 4.04. The number of hydrogen-bond acceptors (Lipinski definition) is 5. The molecule has 0 aliphatic rings. The highest BCUT2D eigenvalue weighted by molar-refractivity contribution is 6.58. The third-order valence-corrected chi connectivity index (χ3v) is 3.53. The van der Waals surface area contributed by atoms with Gasteiger partial charge in [0, 0.05) is 11.9 Å². The maximum absolute atomic E-state index is 9.09. The van der Waals surface area contributed by atoms with E-state index < -0.39 is 7.12 Å². The molecule has 1 heterocycles. The lowest BCUT2D eigenvalue weighted by atomic mass is 9.80. The first-order valence-electron chi connectivity index (χ1n) is 7.04. The lowest BCUT2D eigenvalue weighted by Crippen LogP contribution is -2.29. The zero-order valence-corrected chi connectivity index (χ0v) is 12.2. The van der Waals surface area contributed by atoms with Crippen molar-refractivity contribution in [3.8, 4) is 0 Å². The fraction of sp³-hybridized carbons (Fsp3) is 0.125. The van der Waals surface area contributed by atoms with Crippen molar-refractivity contribution in [2.24, 2.45) is 0 Å². The van der Waals surface area contributed by atoms with E-state index in [1.54, 1.807) is 18.5 Å². The van der Waals surface area contributed by atoms with Crippen molar-refractivity contribution in [1.82, 2.24) is 9.97 Å².